The van der Waals surface area contributed by atoms with Crippen LogP contribution in [0, 0.1) is 0 Å². The number of thiophene rings is 1. The van der Waals surface area contributed by atoms with Gasteiger partial charge < -0.3 is 0 Å². The van der Waals surface area contributed by atoms with Gasteiger partial charge in [-0.3, -0.25) is 5.32 Å². The molecule has 2 rings (SSSR count). The quantitative estimate of drug-likeness (QED) is 0.754. The molecule has 0 atom stereocenters. The van der Waals surface area contributed by atoms with Crippen LogP contribution in [-0.2, 0) is 7.05 Å². The second-order valence-electron chi connectivity index (χ2n) is 2.71. The predicted molar refractivity (Wildman–Crippen MR) is 58.4 cm³/mol. The van der Waals surface area contributed by atoms with Crippen molar-refractivity contribution in [3.05, 3.63) is 22.9 Å². The van der Waals surface area contributed by atoms with E-state index in [2.05, 4.69) is 39.8 Å². The molecule has 0 aliphatic heterocycles. The molecule has 1 N–H and O–H groups in total. The van der Waals surface area contributed by atoms with Crippen LogP contribution in [0.3, 0.4) is 0 Å². The van der Waals surface area contributed by atoms with Gasteiger partial charge in [0.15, 0.2) is 5.69 Å². The van der Waals surface area contributed by atoms with E-state index in [9.17, 15) is 0 Å². The normalized spacial score (nSPS) is 10.3. The molecule has 0 aromatic carbocycles. The number of rotatable bonds is 2. The molecule has 0 spiro atoms. The molecule has 0 aliphatic carbocycles. The molecule has 0 saturated carbocycles. The van der Waals surface area contributed by atoms with Crippen LogP contribution in [0.4, 0.5) is 5.13 Å². The number of nitrogens with zero attached hydrogens (tertiary/aromatic N) is 1. The van der Waals surface area contributed by atoms with Gasteiger partial charge in [-0.15, -0.1) is 11.3 Å². The van der Waals surface area contributed by atoms with Crippen LogP contribution in [0.15, 0.2) is 22.9 Å². The van der Waals surface area contributed by atoms with Crippen molar-refractivity contribution in [1.82, 2.24) is 0 Å². The molecule has 2 heterocycles. The summed E-state index contributed by atoms with van der Waals surface area (Å²) < 4.78 is 2.18. The maximum Gasteiger partial charge on any atom is 0.333 e. The van der Waals surface area contributed by atoms with Crippen LogP contribution in [0.5, 0.6) is 0 Å². The van der Waals surface area contributed by atoms with Crippen molar-refractivity contribution in [3.8, 4) is 10.6 Å². The molecular weight excluding hydrogens is 200 g/mol. The van der Waals surface area contributed by atoms with Gasteiger partial charge in [0, 0.05) is 5.38 Å². The fourth-order valence-electron chi connectivity index (χ4n) is 1.25. The molecule has 4 heteroatoms. The van der Waals surface area contributed by atoms with E-state index in [1.807, 2.05) is 7.05 Å². The van der Waals surface area contributed by atoms with Crippen molar-refractivity contribution in [3.63, 3.8) is 0 Å². The van der Waals surface area contributed by atoms with Crippen LogP contribution in [-0.4, -0.2) is 7.05 Å². The van der Waals surface area contributed by atoms with Gasteiger partial charge in [0.2, 0.25) is 0 Å². The van der Waals surface area contributed by atoms with Crippen molar-refractivity contribution in [1.29, 1.82) is 0 Å². The van der Waals surface area contributed by atoms with Crippen LogP contribution >= 0.6 is 22.7 Å². The van der Waals surface area contributed by atoms with E-state index in [4.69, 9.17) is 0 Å². The molecule has 0 bridgehead atoms. The number of hydrogen-bond donors (Lipinski definition) is 1. The third-order valence-corrected chi connectivity index (χ3v) is 3.87. The summed E-state index contributed by atoms with van der Waals surface area (Å²) >= 11 is 3.50. The summed E-state index contributed by atoms with van der Waals surface area (Å²) in [5.74, 6) is 0. The van der Waals surface area contributed by atoms with Crippen LogP contribution in [0.1, 0.15) is 0 Å². The molecule has 2 nitrogen and oxygen atoms in total. The Morgan fingerprint density at radius 2 is 2.23 bits per heavy atom. The highest BCUT2D eigenvalue weighted by molar-refractivity contribution is 7.15. The minimum absolute atomic E-state index is 1.18. The summed E-state index contributed by atoms with van der Waals surface area (Å²) in [4.78, 5) is 1.32. The second kappa shape index (κ2) is 3.47. The van der Waals surface area contributed by atoms with E-state index >= 15 is 0 Å². The first-order chi connectivity index (χ1) is 6.33. The average molecular weight is 211 g/mol. The first-order valence-corrected chi connectivity index (χ1v) is 5.78. The largest absolute Gasteiger partial charge is 0.333 e. The first kappa shape index (κ1) is 8.72. The highest BCUT2D eigenvalue weighted by Crippen LogP contribution is 2.25. The Hall–Kier alpha value is -0.870. The molecule has 0 aliphatic rings. The summed E-state index contributed by atoms with van der Waals surface area (Å²) in [7, 11) is 4.03. The predicted octanol–water partition coefficient (Wildman–Crippen LogP) is 2.34. The minimum Gasteiger partial charge on any atom is -0.268 e. The summed E-state index contributed by atoms with van der Waals surface area (Å²) in [6.45, 7) is 0. The van der Waals surface area contributed by atoms with Gasteiger partial charge in [0.25, 0.3) is 0 Å². The van der Waals surface area contributed by atoms with Crippen LogP contribution in [0.2, 0.25) is 0 Å². The fraction of sp³-hybridized carbons (Fsp3) is 0.222. The smallest absolute Gasteiger partial charge is 0.268 e. The Bertz CT molecular complexity index is 390. The summed E-state index contributed by atoms with van der Waals surface area (Å²) in [5.41, 5.74) is 1.28. The molecule has 68 valence electrons. The van der Waals surface area contributed by atoms with E-state index in [-0.39, 0.29) is 0 Å². The summed E-state index contributed by atoms with van der Waals surface area (Å²) in [5, 5.41) is 8.63. The third-order valence-electron chi connectivity index (χ3n) is 1.94. The van der Waals surface area contributed by atoms with Crippen molar-refractivity contribution < 1.29 is 4.57 Å². The maximum absolute atomic E-state index is 3.16. The zero-order valence-electron chi connectivity index (χ0n) is 7.57. The molecular formula is C9H11N2S2+. The Labute approximate surface area is 85.5 Å². The highest BCUT2D eigenvalue weighted by atomic mass is 32.1. The van der Waals surface area contributed by atoms with Crippen molar-refractivity contribution in [2.45, 2.75) is 0 Å². The van der Waals surface area contributed by atoms with E-state index in [0.29, 0.717) is 0 Å². The van der Waals surface area contributed by atoms with E-state index < -0.39 is 0 Å². The van der Waals surface area contributed by atoms with Gasteiger partial charge in [-0.2, -0.15) is 0 Å². The molecule has 0 unspecified atom stereocenters. The van der Waals surface area contributed by atoms with E-state index in [0.717, 1.165) is 0 Å². The van der Waals surface area contributed by atoms with E-state index in [1.54, 1.807) is 22.7 Å². The molecule has 0 saturated heterocycles. The summed E-state index contributed by atoms with van der Waals surface area (Å²) in [6, 6.07) is 4.23. The number of aromatic nitrogens is 1. The van der Waals surface area contributed by atoms with Gasteiger partial charge in [-0.25, -0.2) is 4.57 Å². The molecule has 0 amide bonds. The molecule has 13 heavy (non-hydrogen) atoms. The van der Waals surface area contributed by atoms with Gasteiger partial charge in [0.05, 0.1) is 19.0 Å². The number of hydrogen-bond acceptors (Lipinski definition) is 3. The van der Waals surface area contributed by atoms with Crippen molar-refractivity contribution in [2.24, 2.45) is 7.05 Å². The van der Waals surface area contributed by atoms with Crippen LogP contribution in [0.25, 0.3) is 10.6 Å². The Kier molecular flexibility index (Phi) is 2.33. The van der Waals surface area contributed by atoms with Crippen molar-refractivity contribution in [2.75, 3.05) is 12.4 Å². The van der Waals surface area contributed by atoms with Gasteiger partial charge in [-0.1, -0.05) is 17.4 Å². The lowest BCUT2D eigenvalue weighted by molar-refractivity contribution is -0.641. The fourth-order valence-corrected chi connectivity index (χ4v) is 2.99. The zero-order valence-corrected chi connectivity index (χ0v) is 9.21. The number of anilines is 1. The van der Waals surface area contributed by atoms with Gasteiger partial charge in [-0.05, 0) is 11.4 Å². The SMILES string of the molecule is CNc1scc(-c2cccs2)[n+]1C. The van der Waals surface area contributed by atoms with E-state index in [1.165, 1.54) is 15.7 Å². The lowest BCUT2D eigenvalue weighted by Gasteiger charge is -1.94. The average Bonchev–Trinajstić information content (AvgIpc) is 2.72. The Morgan fingerprint density at radius 3 is 2.77 bits per heavy atom. The molecule has 0 radical (unpaired) electrons. The van der Waals surface area contributed by atoms with Gasteiger partial charge in [0.1, 0.15) is 0 Å². The standard InChI is InChI=1S/C9H10N2S2/c1-10-9-11(2)7(6-13-9)8-4-3-5-12-8/h3-6H,1-2H3/p+1. The third kappa shape index (κ3) is 1.47. The Balaban J connectivity index is 2.48. The molecule has 2 aromatic heterocycles. The lowest BCUT2D eigenvalue weighted by atomic mass is 10.4. The molecule has 0 fully saturated rings. The lowest BCUT2D eigenvalue weighted by Crippen LogP contribution is -2.30. The monoisotopic (exact) mass is 211 g/mol. The Morgan fingerprint density at radius 1 is 1.38 bits per heavy atom. The van der Waals surface area contributed by atoms with Crippen LogP contribution < -0.4 is 9.88 Å². The topological polar surface area (TPSA) is 15.9 Å². The highest BCUT2D eigenvalue weighted by Gasteiger charge is 2.13. The number of nitrogens with one attached hydrogen (secondary N) is 1. The van der Waals surface area contributed by atoms with Gasteiger partial charge >= 0.3 is 5.13 Å². The first-order valence-electron chi connectivity index (χ1n) is 4.02. The maximum atomic E-state index is 3.16. The second-order valence-corrected chi connectivity index (χ2v) is 4.52. The minimum atomic E-state index is 1.18. The zero-order chi connectivity index (χ0) is 9.26. The van der Waals surface area contributed by atoms with Crippen molar-refractivity contribution >= 4 is 27.8 Å². The molecule has 2 aromatic rings. The number of thiazole rings is 1. The summed E-state index contributed by atoms with van der Waals surface area (Å²) in [6.07, 6.45) is 0.